The van der Waals surface area contributed by atoms with Crippen LogP contribution in [0.4, 0.5) is 0 Å². The Labute approximate surface area is 239 Å². The lowest BCUT2D eigenvalue weighted by molar-refractivity contribution is -0.122. The fourth-order valence-electron chi connectivity index (χ4n) is 4.83. The zero-order chi connectivity index (χ0) is 27.6. The minimum absolute atomic E-state index is 0.116. The van der Waals surface area contributed by atoms with E-state index in [1.54, 1.807) is 32.1 Å². The second-order valence-electron chi connectivity index (χ2n) is 10.2. The molecular formula is C29H32N4O3S3. The molecule has 2 aromatic carbocycles. The summed E-state index contributed by atoms with van der Waals surface area (Å²) < 4.78 is 31.0. The average Bonchev–Trinajstić information content (AvgIpc) is 3.30. The number of para-hydroxylation sites is 1. The molecule has 0 spiro atoms. The number of benzene rings is 2. The quantitative estimate of drug-likeness (QED) is 0.254. The van der Waals surface area contributed by atoms with E-state index in [4.69, 9.17) is 17.3 Å². The number of carbonyl (C=O) groups is 1. The first-order chi connectivity index (χ1) is 18.7. The van der Waals surface area contributed by atoms with Crippen LogP contribution in [0, 0.1) is 5.92 Å². The number of rotatable bonds is 7. The summed E-state index contributed by atoms with van der Waals surface area (Å²) in [4.78, 5) is 15.6. The van der Waals surface area contributed by atoms with Crippen molar-refractivity contribution in [3.05, 3.63) is 71.3 Å². The zero-order valence-corrected chi connectivity index (χ0v) is 24.6. The number of aromatic nitrogens is 2. The van der Waals surface area contributed by atoms with E-state index in [1.807, 2.05) is 48.7 Å². The van der Waals surface area contributed by atoms with Crippen molar-refractivity contribution in [2.45, 2.75) is 44.4 Å². The molecule has 1 amide bonds. The number of sulfonamides is 1. The Balaban J connectivity index is 1.57. The first-order valence-electron chi connectivity index (χ1n) is 13.2. The molecule has 2 fully saturated rings. The third-order valence-electron chi connectivity index (χ3n) is 6.78. The molecule has 2 aliphatic rings. The Kier molecular flexibility index (Phi) is 8.37. The van der Waals surface area contributed by atoms with Crippen LogP contribution < -0.4 is 0 Å². The van der Waals surface area contributed by atoms with Crippen molar-refractivity contribution >= 4 is 50.3 Å². The lowest BCUT2D eigenvalue weighted by atomic mass is 10.1. The van der Waals surface area contributed by atoms with Gasteiger partial charge in [-0.25, -0.2) is 13.1 Å². The van der Waals surface area contributed by atoms with Crippen molar-refractivity contribution in [2.24, 2.45) is 5.92 Å². The molecule has 39 heavy (non-hydrogen) atoms. The summed E-state index contributed by atoms with van der Waals surface area (Å²) in [5, 5.41) is 4.85. The topological polar surface area (TPSA) is 75.5 Å². The highest BCUT2D eigenvalue weighted by atomic mass is 32.2. The summed E-state index contributed by atoms with van der Waals surface area (Å²) in [5.74, 6) is 0.173. The van der Waals surface area contributed by atoms with E-state index in [1.165, 1.54) is 11.8 Å². The van der Waals surface area contributed by atoms with Crippen LogP contribution in [0.2, 0.25) is 0 Å². The van der Waals surface area contributed by atoms with E-state index >= 15 is 0 Å². The molecular weight excluding hydrogens is 549 g/mol. The predicted molar refractivity (Wildman–Crippen MR) is 161 cm³/mol. The van der Waals surface area contributed by atoms with E-state index in [2.05, 4.69) is 13.8 Å². The Bertz CT molecular complexity index is 1510. The number of nitrogens with zero attached hydrogens (tertiary/aromatic N) is 4. The first kappa shape index (κ1) is 27.8. The van der Waals surface area contributed by atoms with Gasteiger partial charge in [0, 0.05) is 37.0 Å². The molecule has 3 heterocycles. The Morgan fingerprint density at radius 3 is 2.44 bits per heavy atom. The zero-order valence-electron chi connectivity index (χ0n) is 22.1. The van der Waals surface area contributed by atoms with Gasteiger partial charge in [0.2, 0.25) is 10.0 Å². The van der Waals surface area contributed by atoms with Crippen LogP contribution in [0.15, 0.2) is 70.6 Å². The number of amides is 1. The maximum atomic E-state index is 13.5. The third kappa shape index (κ3) is 6.04. The normalized spacial score (nSPS) is 18.3. The molecule has 0 atom stereocenters. The number of carbonyl (C=O) groups excluding carboxylic acids is 1. The predicted octanol–water partition coefficient (Wildman–Crippen LogP) is 5.96. The van der Waals surface area contributed by atoms with Gasteiger partial charge in [-0.1, -0.05) is 81.0 Å². The van der Waals surface area contributed by atoms with Crippen molar-refractivity contribution in [1.29, 1.82) is 0 Å². The van der Waals surface area contributed by atoms with Gasteiger partial charge >= 0.3 is 0 Å². The second-order valence-corrected chi connectivity index (χ2v) is 13.9. The van der Waals surface area contributed by atoms with E-state index in [0.717, 1.165) is 31.4 Å². The van der Waals surface area contributed by atoms with E-state index < -0.39 is 10.0 Å². The highest BCUT2D eigenvalue weighted by molar-refractivity contribution is 8.26. The number of thioether (sulfide) groups is 1. The number of hydrogen-bond acceptors (Lipinski definition) is 6. The van der Waals surface area contributed by atoms with Gasteiger partial charge < -0.3 is 0 Å². The summed E-state index contributed by atoms with van der Waals surface area (Å²) in [6, 6.07) is 16.7. The molecule has 2 saturated heterocycles. The Hall–Kier alpha value is -2.79. The van der Waals surface area contributed by atoms with E-state index in [-0.39, 0.29) is 16.7 Å². The van der Waals surface area contributed by atoms with Crippen molar-refractivity contribution in [2.75, 3.05) is 19.6 Å². The highest BCUT2D eigenvalue weighted by Gasteiger charge is 2.33. The molecule has 0 N–H and O–H groups in total. The minimum Gasteiger partial charge on any atom is -0.293 e. The summed E-state index contributed by atoms with van der Waals surface area (Å²) in [7, 11) is -3.63. The third-order valence-corrected chi connectivity index (χ3v) is 10.1. The van der Waals surface area contributed by atoms with Crippen LogP contribution in [-0.2, 0) is 14.8 Å². The van der Waals surface area contributed by atoms with Crippen molar-refractivity contribution in [3.8, 4) is 16.9 Å². The van der Waals surface area contributed by atoms with Gasteiger partial charge in [-0.2, -0.15) is 9.40 Å². The van der Waals surface area contributed by atoms with Crippen LogP contribution in [0.3, 0.4) is 0 Å². The SMILES string of the molecule is CC(C)CN1C(=O)C(=Cc2cn(-c3ccccc3)nc2-c2cccc(S(=O)(=O)N3CCCCCC3)c2)SC1=S. The van der Waals surface area contributed by atoms with Gasteiger partial charge in [-0.15, -0.1) is 0 Å². The van der Waals surface area contributed by atoms with Gasteiger partial charge in [0.05, 0.1) is 15.5 Å². The summed E-state index contributed by atoms with van der Waals surface area (Å²) >= 11 is 6.79. The van der Waals surface area contributed by atoms with Crippen LogP contribution in [0.25, 0.3) is 23.0 Å². The van der Waals surface area contributed by atoms with Crippen LogP contribution >= 0.6 is 24.0 Å². The smallest absolute Gasteiger partial charge is 0.266 e. The maximum absolute atomic E-state index is 13.5. The molecule has 5 rings (SSSR count). The van der Waals surface area contributed by atoms with Gasteiger partial charge in [0.25, 0.3) is 5.91 Å². The van der Waals surface area contributed by atoms with Crippen LogP contribution in [0.5, 0.6) is 0 Å². The fraction of sp³-hybridized carbons (Fsp3) is 0.345. The number of thiocarbonyl (C=S) groups is 1. The van der Waals surface area contributed by atoms with Gasteiger partial charge in [-0.3, -0.25) is 9.69 Å². The molecule has 1 aromatic heterocycles. The highest BCUT2D eigenvalue weighted by Crippen LogP contribution is 2.36. The molecule has 7 nitrogen and oxygen atoms in total. The largest absolute Gasteiger partial charge is 0.293 e. The summed E-state index contributed by atoms with van der Waals surface area (Å²) in [5.41, 5.74) is 2.85. The van der Waals surface area contributed by atoms with Crippen molar-refractivity contribution in [1.82, 2.24) is 19.0 Å². The Morgan fingerprint density at radius 1 is 1.03 bits per heavy atom. The molecule has 0 saturated carbocycles. The number of hydrogen-bond donors (Lipinski definition) is 0. The van der Waals surface area contributed by atoms with E-state index in [0.29, 0.717) is 45.7 Å². The van der Waals surface area contributed by atoms with E-state index in [9.17, 15) is 13.2 Å². The summed E-state index contributed by atoms with van der Waals surface area (Å²) in [6.45, 7) is 5.75. The standard InChI is InChI=1S/C29H32N4O3S3/c1-21(2)19-32-28(34)26(38-29(32)37)18-23-20-33(24-12-6-5-7-13-24)30-27(23)22-11-10-14-25(17-22)39(35,36)31-15-8-3-4-9-16-31/h5-7,10-14,17-18,20-21H,3-4,8-9,15-16,19H2,1-2H3. The minimum atomic E-state index is -3.63. The lowest BCUT2D eigenvalue weighted by Crippen LogP contribution is -2.31. The fourth-order valence-corrected chi connectivity index (χ4v) is 7.66. The first-order valence-corrected chi connectivity index (χ1v) is 15.9. The van der Waals surface area contributed by atoms with Crippen molar-refractivity contribution in [3.63, 3.8) is 0 Å². The Morgan fingerprint density at radius 2 is 1.74 bits per heavy atom. The molecule has 0 bridgehead atoms. The molecule has 0 unspecified atom stereocenters. The van der Waals surface area contributed by atoms with Gasteiger partial charge in [0.15, 0.2) is 0 Å². The van der Waals surface area contributed by atoms with Crippen LogP contribution in [-0.4, -0.2) is 57.3 Å². The molecule has 0 aliphatic carbocycles. The maximum Gasteiger partial charge on any atom is 0.266 e. The molecule has 10 heteroatoms. The average molecular weight is 581 g/mol. The monoisotopic (exact) mass is 580 g/mol. The van der Waals surface area contributed by atoms with Gasteiger partial charge in [-0.05, 0) is 49.1 Å². The molecule has 2 aliphatic heterocycles. The molecule has 204 valence electrons. The molecule has 3 aromatic rings. The molecule has 0 radical (unpaired) electrons. The van der Waals surface area contributed by atoms with Crippen molar-refractivity contribution < 1.29 is 13.2 Å². The second kappa shape index (κ2) is 11.8. The van der Waals surface area contributed by atoms with Crippen LogP contribution in [0.1, 0.15) is 45.1 Å². The lowest BCUT2D eigenvalue weighted by Gasteiger charge is -2.20. The summed E-state index contributed by atoms with van der Waals surface area (Å²) in [6.07, 6.45) is 7.54. The van der Waals surface area contributed by atoms with Gasteiger partial charge in [0.1, 0.15) is 10.0 Å².